The predicted molar refractivity (Wildman–Crippen MR) is 97.0 cm³/mol. The Morgan fingerprint density at radius 2 is 2.00 bits per heavy atom. The van der Waals surface area contributed by atoms with Gasteiger partial charge in [-0.25, -0.2) is 4.68 Å². The summed E-state index contributed by atoms with van der Waals surface area (Å²) in [6.45, 7) is 0. The van der Waals surface area contributed by atoms with Crippen molar-refractivity contribution in [1.82, 2.24) is 9.78 Å². The van der Waals surface area contributed by atoms with Crippen molar-refractivity contribution in [2.75, 3.05) is 11.6 Å². The molecule has 0 radical (unpaired) electrons. The molecule has 1 unspecified atom stereocenters. The number of hydrogen-bond acceptors (Lipinski definition) is 4. The third kappa shape index (κ3) is 3.79. The minimum Gasteiger partial charge on any atom is -0.612 e. The lowest BCUT2D eigenvalue weighted by atomic mass is 10.2. The molecule has 3 aromatic rings. The monoisotopic (exact) mass is 375 g/mol. The van der Waals surface area contributed by atoms with Gasteiger partial charge in [-0.3, -0.25) is 4.79 Å². The van der Waals surface area contributed by atoms with Crippen LogP contribution in [0.2, 0.25) is 5.02 Å². The summed E-state index contributed by atoms with van der Waals surface area (Å²) in [6, 6.07) is 13.4. The number of anilines is 1. The number of rotatable bonds is 4. The van der Waals surface area contributed by atoms with Crippen LogP contribution in [0.3, 0.4) is 0 Å². The lowest BCUT2D eigenvalue weighted by Crippen LogP contribution is -2.12. The number of carbonyl (C=O) groups is 1. The topological polar surface area (TPSA) is 90.2 Å². The summed E-state index contributed by atoms with van der Waals surface area (Å²) in [7, 11) is 0. The molecule has 1 aromatic heterocycles. The molecule has 0 fully saturated rings. The highest BCUT2D eigenvalue weighted by molar-refractivity contribution is 7.90. The maximum atomic E-state index is 12.4. The van der Waals surface area contributed by atoms with Crippen LogP contribution in [0.15, 0.2) is 59.6 Å². The minimum atomic E-state index is -1.15. The zero-order valence-electron chi connectivity index (χ0n) is 13.1. The second-order valence-corrected chi connectivity index (χ2v) is 7.02. The Kier molecular flexibility index (Phi) is 4.98. The highest BCUT2D eigenvalue weighted by Crippen LogP contribution is 2.24. The van der Waals surface area contributed by atoms with Crippen molar-refractivity contribution in [1.29, 1.82) is 0 Å². The summed E-state index contributed by atoms with van der Waals surface area (Å²) in [4.78, 5) is 13.0. The number of amides is 1. The molecule has 1 amide bonds. The van der Waals surface area contributed by atoms with E-state index in [2.05, 4.69) is 10.4 Å². The average Bonchev–Trinajstić information content (AvgIpc) is 2.97. The molecule has 8 heteroatoms. The van der Waals surface area contributed by atoms with Crippen molar-refractivity contribution in [3.63, 3.8) is 0 Å². The van der Waals surface area contributed by atoms with Gasteiger partial charge in [0.1, 0.15) is 11.8 Å². The molecule has 0 aliphatic heterocycles. The van der Waals surface area contributed by atoms with E-state index in [1.165, 1.54) is 10.9 Å². The normalized spacial score (nSPS) is 12.0. The molecule has 6 nitrogen and oxygen atoms in total. The first-order valence-electron chi connectivity index (χ1n) is 7.23. The van der Waals surface area contributed by atoms with Crippen LogP contribution in [0.1, 0.15) is 10.4 Å². The second-order valence-electron chi connectivity index (χ2n) is 5.21. The van der Waals surface area contributed by atoms with Gasteiger partial charge < -0.3 is 15.0 Å². The summed E-state index contributed by atoms with van der Waals surface area (Å²) in [5.41, 5.74) is 1.08. The maximum absolute atomic E-state index is 12.4. The molecule has 0 bridgehead atoms. The summed E-state index contributed by atoms with van der Waals surface area (Å²) in [5, 5.41) is 17.6. The highest BCUT2D eigenvalue weighted by atomic mass is 35.5. The fourth-order valence-corrected chi connectivity index (χ4v) is 2.91. The SMILES string of the molecule is C[S+]([O-])c1cccc(NC(=O)c2cnn(-c3ccc(Cl)cc3)c2O)c1. The summed E-state index contributed by atoms with van der Waals surface area (Å²) in [5.74, 6) is -0.799. The molecule has 3 rings (SSSR count). The van der Waals surface area contributed by atoms with E-state index in [1.54, 1.807) is 54.8 Å². The maximum Gasteiger partial charge on any atom is 0.262 e. The van der Waals surface area contributed by atoms with Gasteiger partial charge in [-0.1, -0.05) is 17.7 Å². The number of nitrogens with zero attached hydrogens (tertiary/aromatic N) is 2. The van der Waals surface area contributed by atoms with Crippen LogP contribution in [-0.4, -0.2) is 31.6 Å². The Hall–Kier alpha value is -2.48. The highest BCUT2D eigenvalue weighted by Gasteiger charge is 2.18. The van der Waals surface area contributed by atoms with Crippen LogP contribution in [0.5, 0.6) is 5.88 Å². The number of halogens is 1. The molecule has 128 valence electrons. The van der Waals surface area contributed by atoms with E-state index >= 15 is 0 Å². The molecular formula is C17H14ClN3O3S. The van der Waals surface area contributed by atoms with E-state index in [4.69, 9.17) is 11.6 Å². The Labute approximate surface area is 152 Å². The van der Waals surface area contributed by atoms with Crippen molar-refractivity contribution >= 4 is 34.4 Å². The summed E-state index contributed by atoms with van der Waals surface area (Å²) in [6.07, 6.45) is 2.84. The Morgan fingerprint density at radius 1 is 1.28 bits per heavy atom. The van der Waals surface area contributed by atoms with Crippen molar-refractivity contribution in [3.05, 3.63) is 65.3 Å². The first-order valence-corrected chi connectivity index (χ1v) is 9.17. The van der Waals surface area contributed by atoms with E-state index in [0.717, 1.165) is 0 Å². The summed E-state index contributed by atoms with van der Waals surface area (Å²) < 4.78 is 12.8. The molecule has 0 aliphatic carbocycles. The van der Waals surface area contributed by atoms with Crippen LogP contribution < -0.4 is 5.32 Å². The Balaban J connectivity index is 1.84. The number of carbonyl (C=O) groups excluding carboxylic acids is 1. The van der Waals surface area contributed by atoms with Gasteiger partial charge in [0.2, 0.25) is 5.88 Å². The largest absolute Gasteiger partial charge is 0.612 e. The number of aromatic nitrogens is 2. The van der Waals surface area contributed by atoms with E-state index in [9.17, 15) is 14.5 Å². The smallest absolute Gasteiger partial charge is 0.262 e. The zero-order chi connectivity index (χ0) is 18.0. The number of nitrogens with one attached hydrogen (secondary N) is 1. The molecule has 2 N–H and O–H groups in total. The van der Waals surface area contributed by atoms with Gasteiger partial charge in [0.15, 0.2) is 4.90 Å². The number of hydrogen-bond donors (Lipinski definition) is 2. The van der Waals surface area contributed by atoms with Crippen LogP contribution in [0, 0.1) is 0 Å². The van der Waals surface area contributed by atoms with Crippen LogP contribution in [0.25, 0.3) is 5.69 Å². The first kappa shape index (κ1) is 17.3. The van der Waals surface area contributed by atoms with Gasteiger partial charge in [-0.05, 0) is 47.6 Å². The first-order chi connectivity index (χ1) is 12.0. The van der Waals surface area contributed by atoms with Crippen molar-refractivity contribution in [2.45, 2.75) is 4.90 Å². The van der Waals surface area contributed by atoms with Gasteiger partial charge in [-0.2, -0.15) is 5.10 Å². The third-order valence-corrected chi connectivity index (χ3v) is 4.65. The number of aromatic hydroxyl groups is 1. The number of benzene rings is 2. The van der Waals surface area contributed by atoms with Gasteiger partial charge in [0.05, 0.1) is 11.9 Å². The molecule has 1 heterocycles. The second kappa shape index (κ2) is 7.18. The van der Waals surface area contributed by atoms with Gasteiger partial charge >= 0.3 is 0 Å². The van der Waals surface area contributed by atoms with Crippen molar-refractivity contribution in [2.24, 2.45) is 0 Å². The molecular weight excluding hydrogens is 362 g/mol. The van der Waals surface area contributed by atoms with Crippen molar-refractivity contribution < 1.29 is 14.5 Å². The predicted octanol–water partition coefficient (Wildman–Crippen LogP) is 3.22. The fraction of sp³-hybridized carbons (Fsp3) is 0.0588. The summed E-state index contributed by atoms with van der Waals surface area (Å²) >= 11 is 4.69. The zero-order valence-corrected chi connectivity index (χ0v) is 14.7. The molecule has 2 aromatic carbocycles. The standard InChI is InChI=1S/C17H14ClN3O3S/c1-25(24)14-4-2-3-12(9-14)20-16(22)15-10-19-21(17(15)23)13-7-5-11(18)6-8-13/h2-10,23H,1H3,(H,20,22). The average molecular weight is 376 g/mol. The lowest BCUT2D eigenvalue weighted by Gasteiger charge is -2.08. The molecule has 25 heavy (non-hydrogen) atoms. The van der Waals surface area contributed by atoms with Crippen LogP contribution in [-0.2, 0) is 11.2 Å². The molecule has 0 saturated carbocycles. The van der Waals surface area contributed by atoms with Gasteiger partial charge in [0, 0.05) is 16.8 Å². The fourth-order valence-electron chi connectivity index (χ4n) is 2.22. The quantitative estimate of drug-likeness (QED) is 0.685. The van der Waals surface area contributed by atoms with E-state index in [1.807, 2.05) is 0 Å². The minimum absolute atomic E-state index is 0.0259. The molecule has 0 saturated heterocycles. The van der Waals surface area contributed by atoms with E-state index < -0.39 is 17.1 Å². The molecule has 1 atom stereocenters. The van der Waals surface area contributed by atoms with E-state index in [-0.39, 0.29) is 11.4 Å². The van der Waals surface area contributed by atoms with Gasteiger partial charge in [-0.15, -0.1) is 0 Å². The third-order valence-electron chi connectivity index (χ3n) is 3.48. The Bertz CT molecular complexity index is 910. The molecule has 0 aliphatic rings. The Morgan fingerprint density at radius 3 is 2.68 bits per heavy atom. The van der Waals surface area contributed by atoms with Crippen LogP contribution >= 0.6 is 11.6 Å². The van der Waals surface area contributed by atoms with E-state index in [0.29, 0.717) is 21.3 Å². The van der Waals surface area contributed by atoms with Crippen molar-refractivity contribution in [3.8, 4) is 11.6 Å². The van der Waals surface area contributed by atoms with Crippen LogP contribution in [0.4, 0.5) is 5.69 Å². The lowest BCUT2D eigenvalue weighted by molar-refractivity contribution is 0.102. The molecule has 0 spiro atoms. The van der Waals surface area contributed by atoms with Gasteiger partial charge in [0.25, 0.3) is 5.91 Å².